The van der Waals surface area contributed by atoms with Gasteiger partial charge >= 0.3 is 0 Å². The molecule has 1 amide bonds. The Morgan fingerprint density at radius 3 is 2.79 bits per heavy atom. The Morgan fingerprint density at radius 2 is 2.10 bits per heavy atom. The Labute approximate surface area is 184 Å². The average molecular weight is 445 g/mol. The third kappa shape index (κ3) is 4.63. The fourth-order valence-electron chi connectivity index (χ4n) is 3.45. The van der Waals surface area contributed by atoms with Gasteiger partial charge in [0.15, 0.2) is 5.13 Å². The minimum Gasteiger partial charge on any atom is -0.376 e. The lowest BCUT2D eigenvalue weighted by molar-refractivity contribution is 0.0917. The molecule has 4 nitrogen and oxygen atoms in total. The molecule has 0 aliphatic carbocycles. The molecule has 1 aliphatic heterocycles. The number of fused-ring (bicyclic) bond motifs is 1. The highest BCUT2D eigenvalue weighted by molar-refractivity contribution is 7.99. The Hall–Kier alpha value is -1.54. The first-order valence-corrected chi connectivity index (χ1v) is 12.8. The molecule has 7 heteroatoms. The number of amides is 1. The number of carbonyl (C=O) groups is 1. The number of benzene rings is 2. The molecule has 0 bridgehead atoms. The van der Waals surface area contributed by atoms with Crippen LogP contribution in [0.15, 0.2) is 52.3 Å². The van der Waals surface area contributed by atoms with Crippen LogP contribution in [0.4, 0.5) is 5.13 Å². The van der Waals surface area contributed by atoms with E-state index < -0.39 is 0 Å². The smallest absolute Gasteiger partial charge is 0.260 e. The fourth-order valence-corrected chi connectivity index (χ4v) is 5.74. The Balaban J connectivity index is 1.68. The molecule has 1 saturated heterocycles. The van der Waals surface area contributed by atoms with Gasteiger partial charge in [0.1, 0.15) is 0 Å². The third-order valence-electron chi connectivity index (χ3n) is 4.89. The predicted molar refractivity (Wildman–Crippen MR) is 125 cm³/mol. The maximum atomic E-state index is 13.5. The lowest BCUT2D eigenvalue weighted by Gasteiger charge is -2.23. The van der Waals surface area contributed by atoms with Crippen molar-refractivity contribution in [2.24, 2.45) is 0 Å². The van der Waals surface area contributed by atoms with Crippen molar-refractivity contribution in [1.82, 2.24) is 4.98 Å². The molecular weight excluding hydrogens is 420 g/mol. The topological polar surface area (TPSA) is 42.4 Å². The van der Waals surface area contributed by atoms with Gasteiger partial charge in [0.2, 0.25) is 0 Å². The number of thiazole rings is 1. The van der Waals surface area contributed by atoms with Crippen LogP contribution in [0.3, 0.4) is 0 Å². The number of thioether (sulfide) groups is 2. The van der Waals surface area contributed by atoms with Gasteiger partial charge in [0, 0.05) is 22.0 Å². The first-order chi connectivity index (χ1) is 14.2. The number of hydrogen-bond acceptors (Lipinski definition) is 6. The predicted octanol–water partition coefficient (Wildman–Crippen LogP) is 5.96. The van der Waals surface area contributed by atoms with E-state index in [1.165, 1.54) is 4.90 Å². The summed E-state index contributed by atoms with van der Waals surface area (Å²) in [7, 11) is 0. The van der Waals surface area contributed by atoms with E-state index >= 15 is 0 Å². The molecule has 1 unspecified atom stereocenters. The molecule has 1 fully saturated rings. The van der Waals surface area contributed by atoms with Crippen LogP contribution in [0.2, 0.25) is 0 Å². The third-order valence-corrected chi connectivity index (χ3v) is 7.60. The molecule has 2 heterocycles. The van der Waals surface area contributed by atoms with Crippen LogP contribution in [0.25, 0.3) is 10.2 Å². The highest BCUT2D eigenvalue weighted by Crippen LogP contribution is 2.35. The molecular formula is C22H24N2O2S3. The summed E-state index contributed by atoms with van der Waals surface area (Å²) in [6.07, 6.45) is 4.16. The molecule has 1 atom stereocenters. The van der Waals surface area contributed by atoms with Crippen LogP contribution in [-0.4, -0.2) is 42.2 Å². The van der Waals surface area contributed by atoms with E-state index in [1.807, 2.05) is 35.2 Å². The fraction of sp³-hybridized carbons (Fsp3) is 0.364. The second kappa shape index (κ2) is 9.51. The highest BCUT2D eigenvalue weighted by Gasteiger charge is 2.27. The van der Waals surface area contributed by atoms with Crippen LogP contribution in [-0.2, 0) is 4.74 Å². The van der Waals surface area contributed by atoms with Gasteiger partial charge in [-0.05, 0) is 61.2 Å². The van der Waals surface area contributed by atoms with E-state index in [1.54, 1.807) is 34.9 Å². The number of anilines is 1. The maximum absolute atomic E-state index is 13.5. The lowest BCUT2D eigenvalue weighted by Crippen LogP contribution is -2.37. The van der Waals surface area contributed by atoms with Gasteiger partial charge in [-0.2, -0.15) is 0 Å². The molecule has 3 aromatic rings. The number of carbonyl (C=O) groups excluding carboxylic acids is 1. The van der Waals surface area contributed by atoms with Crippen molar-refractivity contribution < 1.29 is 9.53 Å². The number of rotatable bonds is 7. The zero-order valence-electron chi connectivity index (χ0n) is 16.6. The average Bonchev–Trinajstić information content (AvgIpc) is 3.41. The zero-order valence-corrected chi connectivity index (χ0v) is 19.0. The number of ether oxygens (including phenoxy) is 1. The van der Waals surface area contributed by atoms with E-state index in [0.717, 1.165) is 45.4 Å². The van der Waals surface area contributed by atoms with E-state index in [2.05, 4.69) is 25.3 Å². The molecule has 0 spiro atoms. The van der Waals surface area contributed by atoms with Gasteiger partial charge in [0.25, 0.3) is 5.91 Å². The minimum atomic E-state index is -0.0155. The van der Waals surface area contributed by atoms with Crippen molar-refractivity contribution in [3.8, 4) is 0 Å². The van der Waals surface area contributed by atoms with Gasteiger partial charge in [-0.25, -0.2) is 4.98 Å². The van der Waals surface area contributed by atoms with E-state index in [9.17, 15) is 4.79 Å². The highest BCUT2D eigenvalue weighted by atomic mass is 32.2. The summed E-state index contributed by atoms with van der Waals surface area (Å²) in [5, 5.41) is 0.744. The summed E-state index contributed by atoms with van der Waals surface area (Å²) >= 11 is 5.03. The van der Waals surface area contributed by atoms with E-state index in [0.29, 0.717) is 12.1 Å². The molecule has 0 N–H and O–H groups in total. The quantitative estimate of drug-likeness (QED) is 0.421. The van der Waals surface area contributed by atoms with Crippen molar-refractivity contribution in [2.75, 3.05) is 30.1 Å². The Morgan fingerprint density at radius 1 is 1.28 bits per heavy atom. The largest absolute Gasteiger partial charge is 0.376 e. The molecule has 0 saturated carbocycles. The molecule has 4 rings (SSSR count). The molecule has 2 aromatic carbocycles. The molecule has 1 aromatic heterocycles. The number of nitrogens with zero attached hydrogens (tertiary/aromatic N) is 2. The van der Waals surface area contributed by atoms with Crippen LogP contribution in [0.5, 0.6) is 0 Å². The minimum absolute atomic E-state index is 0.0155. The molecule has 29 heavy (non-hydrogen) atoms. The molecule has 152 valence electrons. The summed E-state index contributed by atoms with van der Waals surface area (Å²) in [5.41, 5.74) is 1.66. The summed E-state index contributed by atoms with van der Waals surface area (Å²) in [6, 6.07) is 14.1. The van der Waals surface area contributed by atoms with Crippen LogP contribution in [0, 0.1) is 0 Å². The SMILES string of the molecule is CCSc1ccc(C(=O)N(CC2CCCO2)c2nc3c(SC)cccc3s2)cc1. The molecule has 0 radical (unpaired) electrons. The molecule has 1 aliphatic rings. The van der Waals surface area contributed by atoms with Crippen molar-refractivity contribution in [3.05, 3.63) is 48.0 Å². The number of hydrogen-bond donors (Lipinski definition) is 0. The van der Waals surface area contributed by atoms with Crippen molar-refractivity contribution >= 4 is 56.1 Å². The summed E-state index contributed by atoms with van der Waals surface area (Å²) < 4.78 is 6.94. The first-order valence-electron chi connectivity index (χ1n) is 9.79. The number of para-hydroxylation sites is 1. The summed E-state index contributed by atoms with van der Waals surface area (Å²) in [6.45, 7) is 3.44. The standard InChI is InChI=1S/C22H24N2O2S3/c1-3-28-17-11-9-15(10-12-17)21(25)24(14-16-6-5-13-26-16)22-23-20-18(27-2)7-4-8-19(20)29-22/h4,7-12,16H,3,5-6,13-14H2,1-2H3. The van der Waals surface area contributed by atoms with E-state index in [-0.39, 0.29) is 12.0 Å². The van der Waals surface area contributed by atoms with Crippen molar-refractivity contribution in [1.29, 1.82) is 0 Å². The Bertz CT molecular complexity index is 981. The number of aromatic nitrogens is 1. The van der Waals surface area contributed by atoms with Gasteiger partial charge in [-0.15, -0.1) is 23.5 Å². The van der Waals surface area contributed by atoms with Crippen molar-refractivity contribution in [3.63, 3.8) is 0 Å². The van der Waals surface area contributed by atoms with Crippen LogP contribution in [0.1, 0.15) is 30.1 Å². The Kier molecular flexibility index (Phi) is 6.80. The lowest BCUT2D eigenvalue weighted by atomic mass is 10.2. The van der Waals surface area contributed by atoms with Gasteiger partial charge in [0.05, 0.1) is 22.9 Å². The maximum Gasteiger partial charge on any atom is 0.260 e. The monoisotopic (exact) mass is 444 g/mol. The summed E-state index contributed by atoms with van der Waals surface area (Å²) in [4.78, 5) is 22.4. The van der Waals surface area contributed by atoms with Crippen LogP contribution < -0.4 is 4.90 Å². The summed E-state index contributed by atoms with van der Waals surface area (Å²) in [5.74, 6) is 1.00. The second-order valence-corrected chi connectivity index (χ2v) is 10.0. The normalized spacial score (nSPS) is 16.4. The van der Waals surface area contributed by atoms with Crippen LogP contribution >= 0.6 is 34.9 Å². The first kappa shape index (κ1) is 20.7. The van der Waals surface area contributed by atoms with Gasteiger partial charge < -0.3 is 4.74 Å². The van der Waals surface area contributed by atoms with E-state index in [4.69, 9.17) is 9.72 Å². The van der Waals surface area contributed by atoms with Gasteiger partial charge in [-0.3, -0.25) is 9.69 Å². The van der Waals surface area contributed by atoms with Gasteiger partial charge in [-0.1, -0.05) is 24.3 Å². The second-order valence-electron chi connectivity index (χ2n) is 6.81. The zero-order chi connectivity index (χ0) is 20.2. The van der Waals surface area contributed by atoms with Crippen molar-refractivity contribution in [2.45, 2.75) is 35.7 Å².